The number of allylic oxidation sites excluding steroid dienone is 1. The summed E-state index contributed by atoms with van der Waals surface area (Å²) in [6.07, 6.45) is 1.72. The zero-order valence-corrected chi connectivity index (χ0v) is 17.7. The zero-order chi connectivity index (χ0) is 22.0. The molecule has 0 aliphatic carbocycles. The van der Waals surface area contributed by atoms with E-state index in [9.17, 15) is 9.59 Å². The number of carbonyl (C=O) groups excluding carboxylic acids is 2. The number of esters is 1. The Morgan fingerprint density at radius 2 is 1.81 bits per heavy atom. The lowest BCUT2D eigenvalue weighted by Gasteiger charge is -2.08. The van der Waals surface area contributed by atoms with Crippen molar-refractivity contribution < 1.29 is 23.8 Å². The Labute approximate surface area is 184 Å². The molecule has 31 heavy (non-hydrogen) atoms. The number of hydrogen-bond acceptors (Lipinski definition) is 5. The molecular formula is C25H19ClO5. The molecular weight excluding hydrogens is 416 g/mol. The van der Waals surface area contributed by atoms with E-state index in [0.717, 1.165) is 5.56 Å². The van der Waals surface area contributed by atoms with Gasteiger partial charge in [0.1, 0.15) is 17.2 Å². The summed E-state index contributed by atoms with van der Waals surface area (Å²) in [5.41, 5.74) is 2.61. The van der Waals surface area contributed by atoms with Crippen molar-refractivity contribution in [3.8, 4) is 17.2 Å². The fourth-order valence-electron chi connectivity index (χ4n) is 3.35. The van der Waals surface area contributed by atoms with Crippen molar-refractivity contribution in [2.45, 2.75) is 13.3 Å². The van der Waals surface area contributed by atoms with Gasteiger partial charge in [0.2, 0.25) is 5.78 Å². The van der Waals surface area contributed by atoms with Gasteiger partial charge in [-0.3, -0.25) is 9.59 Å². The first-order chi connectivity index (χ1) is 14.9. The molecule has 3 aromatic rings. The highest BCUT2D eigenvalue weighted by atomic mass is 35.5. The molecule has 0 atom stereocenters. The van der Waals surface area contributed by atoms with E-state index in [-0.39, 0.29) is 18.0 Å². The van der Waals surface area contributed by atoms with Gasteiger partial charge in [-0.15, -0.1) is 0 Å². The normalized spacial score (nSPS) is 13.6. The Balaban J connectivity index is 1.52. The van der Waals surface area contributed by atoms with E-state index in [2.05, 4.69) is 0 Å². The number of Topliss-reactive ketones (excluding diaryl/α,β-unsaturated/α-hetero) is 1. The molecule has 156 valence electrons. The first-order valence-electron chi connectivity index (χ1n) is 9.61. The molecule has 0 saturated carbocycles. The van der Waals surface area contributed by atoms with E-state index < -0.39 is 5.97 Å². The number of fused-ring (bicyclic) bond motifs is 1. The third-order valence-corrected chi connectivity index (χ3v) is 5.22. The summed E-state index contributed by atoms with van der Waals surface area (Å²) in [5.74, 6) is 0.919. The summed E-state index contributed by atoms with van der Waals surface area (Å²) < 4.78 is 16.4. The molecule has 0 aromatic heterocycles. The van der Waals surface area contributed by atoms with Crippen LogP contribution in [0.25, 0.3) is 6.08 Å². The van der Waals surface area contributed by atoms with E-state index in [1.54, 1.807) is 56.5 Å². The highest BCUT2D eigenvalue weighted by Gasteiger charge is 2.30. The molecule has 0 N–H and O–H groups in total. The molecule has 0 unspecified atom stereocenters. The Morgan fingerprint density at radius 1 is 1.06 bits per heavy atom. The third kappa shape index (κ3) is 4.47. The maximum Gasteiger partial charge on any atom is 0.315 e. The van der Waals surface area contributed by atoms with Crippen molar-refractivity contribution in [1.82, 2.24) is 0 Å². The number of halogens is 1. The largest absolute Gasteiger partial charge is 0.497 e. The Hall–Kier alpha value is -3.57. The van der Waals surface area contributed by atoms with E-state index in [4.69, 9.17) is 25.8 Å². The monoisotopic (exact) mass is 434 g/mol. The van der Waals surface area contributed by atoms with Crippen LogP contribution in [0.15, 0.2) is 66.4 Å². The minimum atomic E-state index is -0.416. The van der Waals surface area contributed by atoms with Gasteiger partial charge in [-0.1, -0.05) is 41.9 Å². The van der Waals surface area contributed by atoms with Crippen LogP contribution in [-0.4, -0.2) is 18.9 Å². The summed E-state index contributed by atoms with van der Waals surface area (Å²) in [4.78, 5) is 25.2. The lowest BCUT2D eigenvalue weighted by atomic mass is 10.0. The van der Waals surface area contributed by atoms with E-state index in [0.29, 0.717) is 39.0 Å². The number of aryl methyl sites for hydroxylation is 1. The molecule has 6 heteroatoms. The van der Waals surface area contributed by atoms with E-state index in [1.807, 2.05) is 24.3 Å². The van der Waals surface area contributed by atoms with Crippen molar-refractivity contribution in [2.75, 3.05) is 7.11 Å². The first-order valence-corrected chi connectivity index (χ1v) is 9.99. The summed E-state index contributed by atoms with van der Waals surface area (Å²) in [5, 5.41) is 0.521. The van der Waals surface area contributed by atoms with Crippen molar-refractivity contribution in [1.29, 1.82) is 0 Å². The molecule has 0 bridgehead atoms. The highest BCUT2D eigenvalue weighted by Crippen LogP contribution is 2.38. The quantitative estimate of drug-likeness (QED) is 0.305. The van der Waals surface area contributed by atoms with Gasteiger partial charge in [0.05, 0.1) is 19.1 Å². The van der Waals surface area contributed by atoms with Crippen LogP contribution in [0.4, 0.5) is 0 Å². The number of rotatable bonds is 5. The standard InChI is InChI=1S/C25H19ClO5/c1-15-11-19(30-23(27)12-16-7-9-18(29-2)10-8-16)14-21-24(15)25(28)22(31-21)13-17-5-3-4-6-20(17)26/h3-11,13-14H,12H2,1-2H3/b22-13-. The van der Waals surface area contributed by atoms with Crippen LogP contribution in [0, 0.1) is 6.92 Å². The second-order valence-corrected chi connectivity index (χ2v) is 7.48. The van der Waals surface area contributed by atoms with Gasteiger partial charge in [0.25, 0.3) is 0 Å². The zero-order valence-electron chi connectivity index (χ0n) is 17.0. The van der Waals surface area contributed by atoms with Crippen LogP contribution in [-0.2, 0) is 11.2 Å². The fourth-order valence-corrected chi connectivity index (χ4v) is 3.54. The van der Waals surface area contributed by atoms with Crippen molar-refractivity contribution in [2.24, 2.45) is 0 Å². The fraction of sp³-hybridized carbons (Fsp3) is 0.120. The summed E-state index contributed by atoms with van der Waals surface area (Å²) >= 11 is 6.18. The van der Waals surface area contributed by atoms with Crippen molar-refractivity contribution >= 4 is 29.4 Å². The molecule has 0 saturated heterocycles. The van der Waals surface area contributed by atoms with Gasteiger partial charge >= 0.3 is 5.97 Å². The number of ether oxygens (including phenoxy) is 3. The molecule has 1 aliphatic rings. The molecule has 1 heterocycles. The second-order valence-electron chi connectivity index (χ2n) is 7.07. The Kier molecular flexibility index (Phi) is 5.78. The number of hydrogen-bond donors (Lipinski definition) is 0. The maximum atomic E-state index is 12.8. The van der Waals surface area contributed by atoms with Crippen LogP contribution >= 0.6 is 11.6 Å². The maximum absolute atomic E-state index is 12.8. The van der Waals surface area contributed by atoms with Gasteiger partial charge in [-0.2, -0.15) is 0 Å². The average molecular weight is 435 g/mol. The smallest absolute Gasteiger partial charge is 0.315 e. The van der Waals surface area contributed by atoms with E-state index in [1.165, 1.54) is 0 Å². The SMILES string of the molecule is COc1ccc(CC(=O)Oc2cc(C)c3c(c2)O/C(=C\c2ccccc2Cl)C3=O)cc1. The van der Waals surface area contributed by atoms with Crippen molar-refractivity contribution in [3.63, 3.8) is 0 Å². The molecule has 0 fully saturated rings. The first kappa shape index (κ1) is 20.7. The van der Waals surface area contributed by atoms with Gasteiger partial charge in [-0.05, 0) is 54.0 Å². The number of carbonyl (C=O) groups is 2. The highest BCUT2D eigenvalue weighted by molar-refractivity contribution is 6.32. The van der Waals surface area contributed by atoms with Gasteiger partial charge in [0, 0.05) is 11.1 Å². The van der Waals surface area contributed by atoms with Crippen LogP contribution < -0.4 is 14.2 Å². The van der Waals surface area contributed by atoms with Crippen LogP contribution in [0.2, 0.25) is 5.02 Å². The molecule has 1 aliphatic heterocycles. The molecule has 0 amide bonds. The number of benzene rings is 3. The summed E-state index contributed by atoms with van der Waals surface area (Å²) in [6.45, 7) is 1.78. The number of methoxy groups -OCH3 is 1. The summed E-state index contributed by atoms with van der Waals surface area (Å²) in [7, 11) is 1.58. The second kappa shape index (κ2) is 8.66. The van der Waals surface area contributed by atoms with Crippen LogP contribution in [0.1, 0.15) is 27.0 Å². The molecule has 3 aromatic carbocycles. The van der Waals surface area contributed by atoms with Gasteiger partial charge in [-0.25, -0.2) is 0 Å². The molecule has 4 rings (SSSR count). The molecule has 5 nitrogen and oxygen atoms in total. The lowest BCUT2D eigenvalue weighted by Crippen LogP contribution is -2.11. The van der Waals surface area contributed by atoms with Gasteiger partial charge < -0.3 is 14.2 Å². The number of ketones is 1. The Morgan fingerprint density at radius 3 is 2.52 bits per heavy atom. The topological polar surface area (TPSA) is 61.8 Å². The van der Waals surface area contributed by atoms with Crippen LogP contribution in [0.5, 0.6) is 17.2 Å². The lowest BCUT2D eigenvalue weighted by molar-refractivity contribution is -0.133. The Bertz CT molecular complexity index is 1200. The van der Waals surface area contributed by atoms with Crippen LogP contribution in [0.3, 0.4) is 0 Å². The van der Waals surface area contributed by atoms with Gasteiger partial charge in [0.15, 0.2) is 5.76 Å². The minimum absolute atomic E-state index is 0.109. The average Bonchev–Trinajstić information content (AvgIpc) is 3.05. The minimum Gasteiger partial charge on any atom is -0.497 e. The molecule has 0 radical (unpaired) electrons. The van der Waals surface area contributed by atoms with Crippen molar-refractivity contribution in [3.05, 3.63) is 93.7 Å². The predicted octanol–water partition coefficient (Wildman–Crippen LogP) is 5.42. The molecule has 0 spiro atoms. The third-order valence-electron chi connectivity index (χ3n) is 4.87. The van der Waals surface area contributed by atoms with E-state index >= 15 is 0 Å². The predicted molar refractivity (Wildman–Crippen MR) is 118 cm³/mol. The summed E-state index contributed by atoms with van der Waals surface area (Å²) in [6, 6.07) is 17.6.